The summed E-state index contributed by atoms with van der Waals surface area (Å²) >= 11 is 0. The molecule has 0 spiro atoms. The van der Waals surface area contributed by atoms with Crippen LogP contribution in [0.25, 0.3) is 0 Å². The second kappa shape index (κ2) is 7.51. The van der Waals surface area contributed by atoms with Gasteiger partial charge in [0.15, 0.2) is 0 Å². The number of methoxy groups -OCH3 is 2. The molecule has 1 rings (SSSR count). The van der Waals surface area contributed by atoms with Crippen LogP contribution in [0.4, 0.5) is 0 Å². The van der Waals surface area contributed by atoms with E-state index in [-0.39, 0.29) is 12.1 Å². The second-order valence-corrected chi connectivity index (χ2v) is 5.03. The molecule has 108 valence electrons. The fraction of sp³-hybridized carbons (Fsp3) is 0.625. The minimum atomic E-state index is 0.153. The second-order valence-electron chi connectivity index (χ2n) is 5.03. The van der Waals surface area contributed by atoms with Gasteiger partial charge in [-0.3, -0.25) is 0 Å². The van der Waals surface area contributed by atoms with Crippen molar-refractivity contribution in [2.45, 2.75) is 45.8 Å². The molecule has 1 aromatic carbocycles. The normalized spacial score (nSPS) is 14.2. The monoisotopic (exact) mass is 265 g/mol. The van der Waals surface area contributed by atoms with Gasteiger partial charge in [0.1, 0.15) is 5.75 Å². The summed E-state index contributed by atoms with van der Waals surface area (Å²) in [6, 6.07) is 4.44. The van der Waals surface area contributed by atoms with E-state index in [0.29, 0.717) is 0 Å². The molecule has 0 aliphatic heterocycles. The van der Waals surface area contributed by atoms with E-state index in [9.17, 15) is 0 Å². The van der Waals surface area contributed by atoms with Gasteiger partial charge in [-0.2, -0.15) is 0 Å². The first-order valence-corrected chi connectivity index (χ1v) is 6.94. The third-order valence-corrected chi connectivity index (χ3v) is 3.58. The highest BCUT2D eigenvalue weighted by Gasteiger charge is 2.25. The SMILES string of the molecule is CCCC(OC)C(NC)c1c(C)cc(C)cc1OC. The zero-order valence-electron chi connectivity index (χ0n) is 13.0. The number of aryl methyl sites for hydroxylation is 2. The van der Waals surface area contributed by atoms with E-state index in [2.05, 4.69) is 38.2 Å². The average molecular weight is 265 g/mol. The van der Waals surface area contributed by atoms with Crippen molar-refractivity contribution in [3.63, 3.8) is 0 Å². The lowest BCUT2D eigenvalue weighted by atomic mass is 9.92. The smallest absolute Gasteiger partial charge is 0.124 e. The largest absolute Gasteiger partial charge is 0.496 e. The van der Waals surface area contributed by atoms with E-state index in [0.717, 1.165) is 18.6 Å². The molecule has 0 radical (unpaired) electrons. The number of hydrogen-bond donors (Lipinski definition) is 1. The fourth-order valence-electron chi connectivity index (χ4n) is 2.73. The summed E-state index contributed by atoms with van der Waals surface area (Å²) in [5, 5.41) is 3.38. The van der Waals surface area contributed by atoms with Crippen LogP contribution in [0.2, 0.25) is 0 Å². The molecule has 3 nitrogen and oxygen atoms in total. The molecule has 2 atom stereocenters. The van der Waals surface area contributed by atoms with E-state index >= 15 is 0 Å². The van der Waals surface area contributed by atoms with Gasteiger partial charge in [-0.15, -0.1) is 0 Å². The van der Waals surface area contributed by atoms with Crippen molar-refractivity contribution in [1.29, 1.82) is 0 Å². The lowest BCUT2D eigenvalue weighted by Gasteiger charge is -2.28. The predicted octanol–water partition coefficient (Wildman–Crippen LogP) is 3.39. The molecule has 0 aliphatic carbocycles. The molecule has 1 N–H and O–H groups in total. The summed E-state index contributed by atoms with van der Waals surface area (Å²) in [6.07, 6.45) is 2.29. The van der Waals surface area contributed by atoms with E-state index in [4.69, 9.17) is 9.47 Å². The van der Waals surface area contributed by atoms with Crippen molar-refractivity contribution < 1.29 is 9.47 Å². The van der Waals surface area contributed by atoms with Gasteiger partial charge in [0, 0.05) is 12.7 Å². The van der Waals surface area contributed by atoms with E-state index in [1.807, 2.05) is 7.05 Å². The van der Waals surface area contributed by atoms with Crippen LogP contribution in [0.15, 0.2) is 12.1 Å². The molecule has 2 unspecified atom stereocenters. The Hall–Kier alpha value is -1.06. The Balaban J connectivity index is 3.23. The maximum Gasteiger partial charge on any atom is 0.124 e. The number of nitrogens with one attached hydrogen (secondary N) is 1. The summed E-state index contributed by atoms with van der Waals surface area (Å²) < 4.78 is 11.2. The van der Waals surface area contributed by atoms with Gasteiger partial charge in [0.05, 0.1) is 19.3 Å². The highest BCUT2D eigenvalue weighted by atomic mass is 16.5. The Morgan fingerprint density at radius 1 is 1.21 bits per heavy atom. The number of benzene rings is 1. The molecule has 0 saturated carbocycles. The van der Waals surface area contributed by atoms with Crippen LogP contribution in [0, 0.1) is 13.8 Å². The predicted molar refractivity (Wildman–Crippen MR) is 80.0 cm³/mol. The number of likely N-dealkylation sites (N-methyl/N-ethyl adjacent to an activating group) is 1. The summed E-state index contributed by atoms with van der Waals surface area (Å²) in [4.78, 5) is 0. The summed E-state index contributed by atoms with van der Waals surface area (Å²) in [7, 11) is 5.48. The first-order chi connectivity index (χ1) is 9.08. The molecule has 0 aliphatic rings. The van der Waals surface area contributed by atoms with Gasteiger partial charge in [0.25, 0.3) is 0 Å². The lowest BCUT2D eigenvalue weighted by Crippen LogP contribution is -2.32. The van der Waals surface area contributed by atoms with E-state index in [1.54, 1.807) is 14.2 Å². The maximum atomic E-state index is 5.66. The number of hydrogen-bond acceptors (Lipinski definition) is 3. The molecule has 0 saturated heterocycles. The number of rotatable bonds is 7. The van der Waals surface area contributed by atoms with E-state index < -0.39 is 0 Å². The van der Waals surface area contributed by atoms with Gasteiger partial charge in [0.2, 0.25) is 0 Å². The average Bonchev–Trinajstić information content (AvgIpc) is 2.39. The zero-order valence-corrected chi connectivity index (χ0v) is 13.0. The highest BCUT2D eigenvalue weighted by Crippen LogP contribution is 2.33. The van der Waals surface area contributed by atoms with Crippen molar-refractivity contribution in [3.8, 4) is 5.75 Å². The van der Waals surface area contributed by atoms with Crippen LogP contribution < -0.4 is 10.1 Å². The Kier molecular flexibility index (Phi) is 6.32. The van der Waals surface area contributed by atoms with Crippen molar-refractivity contribution in [2.75, 3.05) is 21.3 Å². The first kappa shape index (κ1) is 16.0. The Morgan fingerprint density at radius 2 is 1.89 bits per heavy atom. The molecular formula is C16H27NO2. The van der Waals surface area contributed by atoms with Crippen molar-refractivity contribution in [1.82, 2.24) is 5.32 Å². The minimum Gasteiger partial charge on any atom is -0.496 e. The summed E-state index contributed by atoms with van der Waals surface area (Å²) in [5.41, 5.74) is 3.67. The standard InChI is InChI=1S/C16H27NO2/c1-7-8-13(18-5)16(17-4)15-12(3)9-11(2)10-14(15)19-6/h9-10,13,16-17H,7-8H2,1-6H3. The van der Waals surface area contributed by atoms with Gasteiger partial charge in [-0.1, -0.05) is 19.4 Å². The summed E-state index contributed by atoms with van der Waals surface area (Å²) in [5.74, 6) is 0.940. The molecule has 1 aromatic rings. The van der Waals surface area contributed by atoms with Gasteiger partial charge in [-0.05, 0) is 44.5 Å². The maximum absolute atomic E-state index is 5.66. The third kappa shape index (κ3) is 3.71. The molecule has 0 aromatic heterocycles. The first-order valence-electron chi connectivity index (χ1n) is 6.94. The summed E-state index contributed by atoms with van der Waals surface area (Å²) in [6.45, 7) is 6.40. The molecule has 0 fully saturated rings. The van der Waals surface area contributed by atoms with Crippen LogP contribution >= 0.6 is 0 Å². The lowest BCUT2D eigenvalue weighted by molar-refractivity contribution is 0.0620. The fourth-order valence-corrected chi connectivity index (χ4v) is 2.73. The van der Waals surface area contributed by atoms with Crippen LogP contribution in [0.3, 0.4) is 0 Å². The topological polar surface area (TPSA) is 30.5 Å². The van der Waals surface area contributed by atoms with Crippen LogP contribution in [-0.4, -0.2) is 27.4 Å². The number of ether oxygens (including phenoxy) is 2. The highest BCUT2D eigenvalue weighted by molar-refractivity contribution is 5.45. The van der Waals surface area contributed by atoms with Crippen LogP contribution in [0.1, 0.15) is 42.5 Å². The molecule has 3 heteroatoms. The van der Waals surface area contributed by atoms with Crippen LogP contribution in [0.5, 0.6) is 5.75 Å². The third-order valence-electron chi connectivity index (χ3n) is 3.58. The zero-order chi connectivity index (χ0) is 14.4. The van der Waals surface area contributed by atoms with Crippen molar-refractivity contribution in [3.05, 3.63) is 28.8 Å². The molecule has 0 bridgehead atoms. The van der Waals surface area contributed by atoms with Crippen molar-refractivity contribution >= 4 is 0 Å². The molecular weight excluding hydrogens is 238 g/mol. The molecule has 0 amide bonds. The minimum absolute atomic E-state index is 0.153. The Labute approximate surface area is 117 Å². The van der Waals surface area contributed by atoms with Crippen molar-refractivity contribution in [2.24, 2.45) is 0 Å². The van der Waals surface area contributed by atoms with E-state index in [1.165, 1.54) is 16.7 Å². The van der Waals surface area contributed by atoms with Gasteiger partial charge >= 0.3 is 0 Å². The molecule has 19 heavy (non-hydrogen) atoms. The van der Waals surface area contributed by atoms with Gasteiger partial charge < -0.3 is 14.8 Å². The van der Waals surface area contributed by atoms with Crippen LogP contribution in [-0.2, 0) is 4.74 Å². The quantitative estimate of drug-likeness (QED) is 0.819. The Bertz CT molecular complexity index is 404. The van der Waals surface area contributed by atoms with Gasteiger partial charge in [-0.25, -0.2) is 0 Å². The Morgan fingerprint density at radius 3 is 2.37 bits per heavy atom. The molecule has 0 heterocycles.